The minimum Gasteiger partial charge on any atom is -0.481 e. The maximum absolute atomic E-state index is 10.6. The molecule has 2 unspecified atom stereocenters. The number of unbranched alkanes of at least 4 members (excludes halogenated alkanes) is 3. The maximum Gasteiger partial charge on any atom is 0.303 e. The summed E-state index contributed by atoms with van der Waals surface area (Å²) in [4.78, 5) is 10.6. The molecule has 1 aliphatic carbocycles. The molecule has 0 aromatic rings. The lowest BCUT2D eigenvalue weighted by Crippen LogP contribution is -2.38. The van der Waals surface area contributed by atoms with E-state index >= 15 is 0 Å². The Bertz CT molecular complexity index is 503. The minimum absolute atomic E-state index is 0.195. The molecule has 1 saturated carbocycles. The molecular formula is C25H48O4Si. The molecule has 0 aliphatic heterocycles. The molecular weight excluding hydrogens is 392 g/mol. The van der Waals surface area contributed by atoms with Gasteiger partial charge in [-0.2, -0.15) is 0 Å². The molecule has 30 heavy (non-hydrogen) atoms. The number of hydrogen-bond donors (Lipinski definition) is 2. The first-order valence-corrected chi connectivity index (χ1v) is 15.4. The van der Waals surface area contributed by atoms with Crippen molar-refractivity contribution in [3.05, 3.63) is 12.2 Å². The van der Waals surface area contributed by atoms with Crippen LogP contribution in [0.25, 0.3) is 0 Å². The van der Waals surface area contributed by atoms with Gasteiger partial charge in [-0.3, -0.25) is 4.79 Å². The van der Waals surface area contributed by atoms with Crippen molar-refractivity contribution in [2.45, 2.75) is 129 Å². The fourth-order valence-electron chi connectivity index (χ4n) is 4.43. The van der Waals surface area contributed by atoms with Crippen LogP contribution in [0.4, 0.5) is 0 Å². The standard InChI is InChI=1S/C25H48O4Si/c1-6-7-10-13-22(29-30(4,5)20(2)3)18-16-21-17-19-24(26)23(21)14-11-8-9-12-15-25(27)28/h8,11,20-24,26H,6-7,9-10,12-19H2,1-5H3,(H,27,28)/t21?,22?,23-,24-/m1/s1. The van der Waals surface area contributed by atoms with Crippen molar-refractivity contribution in [2.75, 3.05) is 0 Å². The Morgan fingerprint density at radius 1 is 1.13 bits per heavy atom. The average Bonchev–Trinajstić information content (AvgIpc) is 3.01. The van der Waals surface area contributed by atoms with Crippen molar-refractivity contribution in [3.63, 3.8) is 0 Å². The summed E-state index contributed by atoms with van der Waals surface area (Å²) in [5, 5.41) is 19.2. The van der Waals surface area contributed by atoms with Gasteiger partial charge in [-0.05, 0) is 81.8 Å². The van der Waals surface area contributed by atoms with Gasteiger partial charge in [-0.15, -0.1) is 0 Å². The first-order valence-electron chi connectivity index (χ1n) is 12.4. The highest BCUT2D eigenvalue weighted by Gasteiger charge is 2.35. The van der Waals surface area contributed by atoms with E-state index in [-0.39, 0.29) is 12.5 Å². The molecule has 1 aliphatic rings. The van der Waals surface area contributed by atoms with E-state index in [0.717, 1.165) is 38.5 Å². The zero-order valence-electron chi connectivity index (χ0n) is 20.2. The van der Waals surface area contributed by atoms with Crippen LogP contribution in [0.3, 0.4) is 0 Å². The topological polar surface area (TPSA) is 66.8 Å². The van der Waals surface area contributed by atoms with Gasteiger partial charge in [0.05, 0.1) is 6.10 Å². The van der Waals surface area contributed by atoms with Crippen LogP contribution in [0.2, 0.25) is 18.6 Å². The van der Waals surface area contributed by atoms with Crippen LogP contribution in [-0.2, 0) is 9.22 Å². The monoisotopic (exact) mass is 440 g/mol. The number of carboxylic acid groups (broad SMARTS) is 1. The van der Waals surface area contributed by atoms with Crippen molar-refractivity contribution in [3.8, 4) is 0 Å². The maximum atomic E-state index is 10.6. The van der Waals surface area contributed by atoms with Crippen LogP contribution in [0.5, 0.6) is 0 Å². The first-order chi connectivity index (χ1) is 14.2. The van der Waals surface area contributed by atoms with E-state index in [0.29, 0.717) is 29.9 Å². The Morgan fingerprint density at radius 3 is 2.50 bits per heavy atom. The van der Waals surface area contributed by atoms with Crippen LogP contribution in [0, 0.1) is 11.8 Å². The molecule has 2 N–H and O–H groups in total. The number of carbonyl (C=O) groups is 1. The summed E-state index contributed by atoms with van der Waals surface area (Å²) in [5.74, 6) is 0.186. The van der Waals surface area contributed by atoms with Gasteiger partial charge >= 0.3 is 5.97 Å². The van der Waals surface area contributed by atoms with Crippen molar-refractivity contribution < 1.29 is 19.4 Å². The normalized spacial score (nSPS) is 23.5. The van der Waals surface area contributed by atoms with E-state index in [4.69, 9.17) is 9.53 Å². The SMILES string of the molecule is CCCCCC(CCC1CC[C@@H](O)[C@@H]1CC=CCCCC(=O)O)O[Si](C)(C)C(C)C. The van der Waals surface area contributed by atoms with E-state index < -0.39 is 14.3 Å². The Hall–Kier alpha value is -0.653. The Balaban J connectivity index is 2.55. The van der Waals surface area contributed by atoms with Gasteiger partial charge in [0.1, 0.15) is 0 Å². The van der Waals surface area contributed by atoms with Crippen LogP contribution >= 0.6 is 0 Å². The average molecular weight is 441 g/mol. The molecule has 0 aromatic carbocycles. The zero-order chi connectivity index (χ0) is 22.6. The summed E-state index contributed by atoms with van der Waals surface area (Å²) in [7, 11) is -1.66. The molecule has 0 aromatic heterocycles. The van der Waals surface area contributed by atoms with Crippen LogP contribution in [-0.4, -0.2) is 36.7 Å². The van der Waals surface area contributed by atoms with E-state index in [2.05, 4.69) is 46.0 Å². The van der Waals surface area contributed by atoms with Gasteiger partial charge in [0.25, 0.3) is 0 Å². The number of aliphatic hydroxyl groups excluding tert-OH is 1. The Labute approximate surface area is 186 Å². The van der Waals surface area contributed by atoms with Gasteiger partial charge in [0.15, 0.2) is 8.32 Å². The number of aliphatic hydroxyl groups is 1. The number of aliphatic carboxylic acids is 1. The fourth-order valence-corrected chi connectivity index (χ4v) is 5.79. The summed E-state index contributed by atoms with van der Waals surface area (Å²) in [6.07, 6.45) is 16.3. The van der Waals surface area contributed by atoms with Gasteiger partial charge in [0, 0.05) is 12.5 Å². The second kappa shape index (κ2) is 14.4. The largest absolute Gasteiger partial charge is 0.481 e. The second-order valence-corrected chi connectivity index (χ2v) is 14.7. The molecule has 1 fully saturated rings. The second-order valence-electron chi connectivity index (χ2n) is 10.1. The number of rotatable bonds is 16. The first kappa shape index (κ1) is 27.4. The Morgan fingerprint density at radius 2 is 1.87 bits per heavy atom. The van der Waals surface area contributed by atoms with Crippen molar-refractivity contribution in [2.24, 2.45) is 11.8 Å². The van der Waals surface area contributed by atoms with E-state index in [1.54, 1.807) is 0 Å². The number of hydrogen-bond acceptors (Lipinski definition) is 3. The third-order valence-electron chi connectivity index (χ3n) is 7.12. The summed E-state index contributed by atoms with van der Waals surface area (Å²) >= 11 is 0. The van der Waals surface area contributed by atoms with Gasteiger partial charge in [-0.1, -0.05) is 52.2 Å². The molecule has 0 heterocycles. The molecule has 0 bridgehead atoms. The lowest BCUT2D eigenvalue weighted by atomic mass is 9.86. The predicted octanol–water partition coefficient (Wildman–Crippen LogP) is 6.94. The van der Waals surface area contributed by atoms with Crippen LogP contribution in [0.15, 0.2) is 12.2 Å². The van der Waals surface area contributed by atoms with Crippen LogP contribution < -0.4 is 0 Å². The van der Waals surface area contributed by atoms with Gasteiger partial charge in [-0.25, -0.2) is 0 Å². The molecule has 4 atom stereocenters. The van der Waals surface area contributed by atoms with Crippen molar-refractivity contribution in [1.82, 2.24) is 0 Å². The molecule has 0 saturated heterocycles. The molecule has 5 heteroatoms. The predicted molar refractivity (Wildman–Crippen MR) is 128 cm³/mol. The fraction of sp³-hybridized carbons (Fsp3) is 0.880. The highest BCUT2D eigenvalue weighted by atomic mass is 28.4. The van der Waals surface area contributed by atoms with E-state index in [1.165, 1.54) is 25.7 Å². The third kappa shape index (κ3) is 10.6. The van der Waals surface area contributed by atoms with E-state index in [9.17, 15) is 9.90 Å². The lowest BCUT2D eigenvalue weighted by Gasteiger charge is -2.33. The number of allylic oxidation sites excluding steroid dienone is 2. The summed E-state index contributed by atoms with van der Waals surface area (Å²) in [6, 6.07) is 0. The summed E-state index contributed by atoms with van der Waals surface area (Å²) in [6.45, 7) is 11.5. The van der Waals surface area contributed by atoms with Crippen molar-refractivity contribution >= 4 is 14.3 Å². The van der Waals surface area contributed by atoms with Crippen molar-refractivity contribution in [1.29, 1.82) is 0 Å². The molecule has 4 nitrogen and oxygen atoms in total. The highest BCUT2D eigenvalue weighted by molar-refractivity contribution is 6.72. The summed E-state index contributed by atoms with van der Waals surface area (Å²) < 4.78 is 6.73. The molecule has 176 valence electrons. The molecule has 0 amide bonds. The summed E-state index contributed by atoms with van der Waals surface area (Å²) in [5.41, 5.74) is 0.624. The molecule has 1 rings (SSSR count). The van der Waals surface area contributed by atoms with Gasteiger partial charge < -0.3 is 14.6 Å². The highest BCUT2D eigenvalue weighted by Crippen LogP contribution is 2.39. The minimum atomic E-state index is -1.66. The van der Waals surface area contributed by atoms with E-state index in [1.807, 2.05) is 0 Å². The van der Waals surface area contributed by atoms with Crippen LogP contribution in [0.1, 0.15) is 97.8 Å². The Kier molecular flexibility index (Phi) is 13.2. The molecule has 0 spiro atoms. The number of carboxylic acids is 1. The van der Waals surface area contributed by atoms with Gasteiger partial charge in [0.2, 0.25) is 0 Å². The quantitative estimate of drug-likeness (QED) is 0.155. The lowest BCUT2D eigenvalue weighted by molar-refractivity contribution is -0.137. The third-order valence-corrected chi connectivity index (χ3v) is 10.8. The smallest absolute Gasteiger partial charge is 0.303 e. The zero-order valence-corrected chi connectivity index (χ0v) is 21.2. The molecule has 0 radical (unpaired) electrons.